The molecule has 4 atom stereocenters. The fourth-order valence-corrected chi connectivity index (χ4v) is 5.48. The molecule has 10 radical (unpaired) electrons. The molecule has 0 aromatic rings. The SMILES string of the molecule is [CH]1[CH][C]2[C]([CH]1)C1CCC2C1.[CH]1[CH][C]2[C]([CH]1)C1CCC2C1.[Ru]. The van der Waals surface area contributed by atoms with Gasteiger partial charge in [-0.1, -0.05) is 0 Å². The van der Waals surface area contributed by atoms with Gasteiger partial charge >= 0.3 is 0 Å². The van der Waals surface area contributed by atoms with Crippen LogP contribution >= 0.6 is 0 Å². The molecule has 6 aliphatic rings. The first-order valence-electron chi connectivity index (χ1n) is 8.41. The molecule has 0 spiro atoms. The van der Waals surface area contributed by atoms with Crippen molar-refractivity contribution in [1.29, 1.82) is 0 Å². The van der Waals surface area contributed by atoms with E-state index in [0.29, 0.717) is 0 Å². The smallest absolute Gasteiger partial charge is 0 e. The second-order valence-corrected chi connectivity index (χ2v) is 7.29. The molecule has 110 valence electrons. The van der Waals surface area contributed by atoms with E-state index >= 15 is 0 Å². The standard InChI is InChI=1S/2C10H11.Ru/c2*1-2-9-7-4-5-8(6-7)10(9)3-1;/h2*1-3,7-8H,4-6H2;. The van der Waals surface area contributed by atoms with Gasteiger partial charge in [0.2, 0.25) is 0 Å². The predicted octanol–water partition coefficient (Wildman–Crippen LogP) is 4.38. The molecule has 0 nitrogen and oxygen atoms in total. The summed E-state index contributed by atoms with van der Waals surface area (Å²) in [4.78, 5) is 0. The Labute approximate surface area is 144 Å². The van der Waals surface area contributed by atoms with E-state index in [0.717, 1.165) is 23.7 Å². The second kappa shape index (κ2) is 5.92. The van der Waals surface area contributed by atoms with Gasteiger partial charge in [0.1, 0.15) is 0 Å². The van der Waals surface area contributed by atoms with Gasteiger partial charge in [0.25, 0.3) is 0 Å². The molecule has 0 saturated heterocycles. The maximum Gasteiger partial charge on any atom is 0 e. The van der Waals surface area contributed by atoms with Crippen LogP contribution in [0.15, 0.2) is 0 Å². The van der Waals surface area contributed by atoms with E-state index in [2.05, 4.69) is 38.5 Å². The van der Waals surface area contributed by atoms with Crippen molar-refractivity contribution in [2.75, 3.05) is 0 Å². The molecular formula is C20H22Ru. The molecule has 0 aliphatic heterocycles. The van der Waals surface area contributed by atoms with Crippen LogP contribution in [0.3, 0.4) is 0 Å². The third-order valence-corrected chi connectivity index (χ3v) is 6.39. The van der Waals surface area contributed by atoms with Crippen LogP contribution in [0.5, 0.6) is 0 Å². The summed E-state index contributed by atoms with van der Waals surface area (Å²) >= 11 is 0. The Balaban J connectivity index is 0.000000105. The number of rotatable bonds is 0. The van der Waals surface area contributed by atoms with Crippen LogP contribution in [0, 0.1) is 85.9 Å². The van der Waals surface area contributed by atoms with E-state index < -0.39 is 0 Å². The minimum absolute atomic E-state index is 0. The van der Waals surface area contributed by atoms with E-state index in [-0.39, 0.29) is 19.5 Å². The first-order chi connectivity index (χ1) is 9.90. The van der Waals surface area contributed by atoms with Crippen molar-refractivity contribution < 1.29 is 19.5 Å². The molecule has 21 heavy (non-hydrogen) atoms. The molecule has 4 bridgehead atoms. The molecule has 0 aromatic heterocycles. The molecular weight excluding hydrogens is 341 g/mol. The van der Waals surface area contributed by atoms with Crippen LogP contribution < -0.4 is 0 Å². The van der Waals surface area contributed by atoms with Gasteiger partial charge in [-0.05, 0) is 124 Å². The molecule has 0 heterocycles. The fraction of sp³-hybridized carbons (Fsp3) is 0.500. The summed E-state index contributed by atoms with van der Waals surface area (Å²) in [5.41, 5.74) is 0. The topological polar surface area (TPSA) is 0 Å². The maximum atomic E-state index is 2.32. The third kappa shape index (κ3) is 2.40. The summed E-state index contributed by atoms with van der Waals surface area (Å²) in [6.45, 7) is 0. The van der Waals surface area contributed by atoms with Crippen LogP contribution in [0.1, 0.15) is 38.5 Å². The predicted molar refractivity (Wildman–Crippen MR) is 80.4 cm³/mol. The monoisotopic (exact) mass is 364 g/mol. The Bertz CT molecular complexity index is 310. The molecule has 0 N–H and O–H groups in total. The first-order valence-corrected chi connectivity index (χ1v) is 8.41. The largest absolute Gasteiger partial charge is 0.0496 e. The van der Waals surface area contributed by atoms with Gasteiger partial charge in [0, 0.05) is 19.5 Å². The van der Waals surface area contributed by atoms with Crippen LogP contribution in [-0.2, 0) is 19.5 Å². The average molecular weight is 363 g/mol. The molecule has 6 rings (SSSR count). The van der Waals surface area contributed by atoms with Crippen LogP contribution in [0.4, 0.5) is 0 Å². The zero-order valence-electron chi connectivity index (χ0n) is 12.4. The third-order valence-electron chi connectivity index (χ3n) is 6.39. The van der Waals surface area contributed by atoms with Crippen molar-refractivity contribution in [3.63, 3.8) is 0 Å². The van der Waals surface area contributed by atoms with Gasteiger partial charge in [-0.15, -0.1) is 0 Å². The Morgan fingerprint density at radius 2 is 0.810 bits per heavy atom. The second-order valence-electron chi connectivity index (χ2n) is 7.29. The zero-order chi connectivity index (χ0) is 13.1. The van der Waals surface area contributed by atoms with Crippen LogP contribution in [0.2, 0.25) is 0 Å². The molecule has 4 unspecified atom stereocenters. The summed E-state index contributed by atoms with van der Waals surface area (Å²) in [5, 5.41) is 0. The minimum atomic E-state index is 0. The van der Waals surface area contributed by atoms with Gasteiger partial charge in [-0.25, -0.2) is 0 Å². The van der Waals surface area contributed by atoms with Gasteiger partial charge in [-0.3, -0.25) is 0 Å². The van der Waals surface area contributed by atoms with Crippen molar-refractivity contribution in [2.45, 2.75) is 38.5 Å². The Morgan fingerprint density at radius 1 is 0.524 bits per heavy atom. The van der Waals surface area contributed by atoms with Crippen LogP contribution in [0.25, 0.3) is 0 Å². The van der Waals surface area contributed by atoms with Gasteiger partial charge in [0.05, 0.1) is 0 Å². The van der Waals surface area contributed by atoms with Crippen molar-refractivity contribution in [3.8, 4) is 0 Å². The Morgan fingerprint density at radius 3 is 1.10 bits per heavy atom. The summed E-state index contributed by atoms with van der Waals surface area (Å²) in [7, 11) is 0. The average Bonchev–Trinajstić information content (AvgIpc) is 3.28. The summed E-state index contributed by atoms with van der Waals surface area (Å²) in [5.74, 6) is 10.5. The van der Waals surface area contributed by atoms with Crippen molar-refractivity contribution >= 4 is 0 Å². The van der Waals surface area contributed by atoms with Crippen molar-refractivity contribution in [1.82, 2.24) is 0 Å². The van der Waals surface area contributed by atoms with E-state index in [9.17, 15) is 0 Å². The maximum absolute atomic E-state index is 2.32. The van der Waals surface area contributed by atoms with Gasteiger partial charge in [-0.2, -0.15) is 0 Å². The Kier molecular flexibility index (Phi) is 4.28. The Hall–Kier alpha value is 0.623. The zero-order valence-corrected chi connectivity index (χ0v) is 14.1. The molecule has 6 saturated carbocycles. The van der Waals surface area contributed by atoms with Crippen LogP contribution in [-0.4, -0.2) is 0 Å². The van der Waals surface area contributed by atoms with Gasteiger partial charge < -0.3 is 0 Å². The molecule has 6 aliphatic carbocycles. The van der Waals surface area contributed by atoms with E-state index in [1.807, 2.05) is 0 Å². The van der Waals surface area contributed by atoms with Gasteiger partial charge in [0.15, 0.2) is 0 Å². The van der Waals surface area contributed by atoms with E-state index in [1.165, 1.54) is 38.5 Å². The molecule has 1 heteroatoms. The first kappa shape index (κ1) is 15.2. The van der Waals surface area contributed by atoms with Crippen molar-refractivity contribution in [2.24, 2.45) is 23.7 Å². The summed E-state index contributed by atoms with van der Waals surface area (Å²) in [6.07, 6.45) is 22.5. The summed E-state index contributed by atoms with van der Waals surface area (Å²) in [6, 6.07) is 0. The van der Waals surface area contributed by atoms with E-state index in [1.54, 1.807) is 23.7 Å². The quantitative estimate of drug-likeness (QED) is 0.560. The number of fused-ring (bicyclic) bond motifs is 10. The van der Waals surface area contributed by atoms with Crippen molar-refractivity contribution in [3.05, 3.63) is 62.2 Å². The minimum Gasteiger partial charge on any atom is -0.0496 e. The normalized spacial score (nSPS) is 44.6. The molecule has 0 aromatic carbocycles. The summed E-state index contributed by atoms with van der Waals surface area (Å²) < 4.78 is 0. The number of hydrogen-bond donors (Lipinski definition) is 0. The molecule has 6 fully saturated rings. The fourth-order valence-electron chi connectivity index (χ4n) is 5.48. The molecule has 0 amide bonds. The van der Waals surface area contributed by atoms with E-state index in [4.69, 9.17) is 0 Å². The number of hydrogen-bond acceptors (Lipinski definition) is 0.